The molecular weight excluding hydrogens is 152 g/mol. The molecule has 0 radical (unpaired) electrons. The monoisotopic (exact) mass is 164 g/mol. The molecule has 0 aromatic rings. The predicted octanol–water partition coefficient (Wildman–Crippen LogP) is -3.21. The van der Waals surface area contributed by atoms with Gasteiger partial charge < -0.3 is 20.1 Å². The van der Waals surface area contributed by atoms with Crippen molar-refractivity contribution in [2.45, 2.75) is 24.0 Å². The second kappa shape index (κ2) is 2.98. The summed E-state index contributed by atoms with van der Waals surface area (Å²) in [5.74, 6) is 0. The smallest absolute Gasteiger partial charge is 0.110 e. The molecule has 60 valence electrons. The van der Waals surface area contributed by atoms with Crippen molar-refractivity contribution >= 4 is 10.2 Å². The first-order valence-corrected chi connectivity index (χ1v) is 4.44. The van der Waals surface area contributed by atoms with Gasteiger partial charge in [0.15, 0.2) is 0 Å². The summed E-state index contributed by atoms with van der Waals surface area (Å²) in [5.41, 5.74) is -0.243. The predicted molar refractivity (Wildman–Crippen MR) is 37.7 cm³/mol. The molecule has 1 heterocycles. The number of hydrogen-bond acceptors (Lipinski definition) is 4. The number of aliphatic hydroxyl groups is 3. The standard InChI is InChI=1S/C5H12O4Si/c6-1-2-3(7)4(8)5(10)9-2/h2-8H,1H2,10H3/t2-,3-,4+,5?/m1/s1. The molecule has 5 heteroatoms. The summed E-state index contributed by atoms with van der Waals surface area (Å²) in [4.78, 5) is 0. The average Bonchev–Trinajstić information content (AvgIpc) is 2.17. The largest absolute Gasteiger partial charge is 0.394 e. The minimum atomic E-state index is -0.910. The highest BCUT2D eigenvalue weighted by molar-refractivity contribution is 6.11. The number of rotatable bonds is 1. The van der Waals surface area contributed by atoms with Crippen molar-refractivity contribution in [3.05, 3.63) is 0 Å². The van der Waals surface area contributed by atoms with E-state index in [-0.39, 0.29) is 12.3 Å². The molecule has 4 atom stereocenters. The molecule has 1 aliphatic heterocycles. The van der Waals surface area contributed by atoms with Gasteiger partial charge in [-0.1, -0.05) is 0 Å². The molecule has 0 bridgehead atoms. The lowest BCUT2D eigenvalue weighted by Gasteiger charge is -2.10. The summed E-state index contributed by atoms with van der Waals surface area (Å²) < 4.78 is 5.05. The molecule has 10 heavy (non-hydrogen) atoms. The lowest BCUT2D eigenvalue weighted by Crippen LogP contribution is -2.33. The summed E-state index contributed by atoms with van der Waals surface area (Å²) >= 11 is 0. The summed E-state index contributed by atoms with van der Waals surface area (Å²) in [5, 5.41) is 26.8. The van der Waals surface area contributed by atoms with Gasteiger partial charge in [-0.25, -0.2) is 0 Å². The lowest BCUT2D eigenvalue weighted by molar-refractivity contribution is -0.00875. The SMILES string of the molecule is OC[C@H]1OC([SiH3])[C@@H](O)[C@@H]1O. The Morgan fingerprint density at radius 3 is 2.10 bits per heavy atom. The maximum atomic E-state index is 9.12. The third kappa shape index (κ3) is 1.23. The molecule has 0 spiro atoms. The topological polar surface area (TPSA) is 69.9 Å². The van der Waals surface area contributed by atoms with Gasteiger partial charge in [-0.05, 0) is 0 Å². The molecule has 1 fully saturated rings. The molecule has 1 saturated heterocycles. The minimum absolute atomic E-state index is 0.225. The van der Waals surface area contributed by atoms with Gasteiger partial charge in [0.1, 0.15) is 18.3 Å². The van der Waals surface area contributed by atoms with Crippen molar-refractivity contribution in [3.63, 3.8) is 0 Å². The zero-order valence-electron chi connectivity index (χ0n) is 5.77. The fourth-order valence-corrected chi connectivity index (χ4v) is 1.83. The Morgan fingerprint density at radius 1 is 1.30 bits per heavy atom. The fourth-order valence-electron chi connectivity index (χ4n) is 1.09. The summed E-state index contributed by atoms with van der Waals surface area (Å²) in [6, 6.07) is 0. The highest BCUT2D eigenvalue weighted by atomic mass is 28.1. The number of hydrogen-bond donors (Lipinski definition) is 3. The van der Waals surface area contributed by atoms with Gasteiger partial charge in [0.2, 0.25) is 0 Å². The van der Waals surface area contributed by atoms with Crippen LogP contribution in [0.15, 0.2) is 0 Å². The molecule has 0 saturated carbocycles. The van der Waals surface area contributed by atoms with Crippen LogP contribution in [0.2, 0.25) is 0 Å². The molecule has 1 rings (SSSR count). The fraction of sp³-hybridized carbons (Fsp3) is 1.00. The van der Waals surface area contributed by atoms with Crippen LogP contribution in [0.4, 0.5) is 0 Å². The Balaban J connectivity index is 2.53. The Kier molecular flexibility index (Phi) is 2.43. The first kappa shape index (κ1) is 8.16. The van der Waals surface area contributed by atoms with Crippen LogP contribution in [0.25, 0.3) is 0 Å². The molecule has 4 nitrogen and oxygen atoms in total. The minimum Gasteiger partial charge on any atom is -0.394 e. The molecule has 0 amide bonds. The van der Waals surface area contributed by atoms with Gasteiger partial charge in [0.05, 0.1) is 12.3 Å². The van der Waals surface area contributed by atoms with Gasteiger partial charge in [0.25, 0.3) is 0 Å². The highest BCUT2D eigenvalue weighted by Gasteiger charge is 2.39. The van der Waals surface area contributed by atoms with E-state index < -0.39 is 18.3 Å². The van der Waals surface area contributed by atoms with Crippen LogP contribution in [-0.2, 0) is 4.74 Å². The van der Waals surface area contributed by atoms with Crippen LogP contribution >= 0.6 is 0 Å². The van der Waals surface area contributed by atoms with Crippen LogP contribution in [0.5, 0.6) is 0 Å². The maximum Gasteiger partial charge on any atom is 0.110 e. The van der Waals surface area contributed by atoms with E-state index in [4.69, 9.17) is 20.1 Å². The Hall–Kier alpha value is 0.0569. The van der Waals surface area contributed by atoms with Crippen LogP contribution in [0.1, 0.15) is 0 Å². The molecule has 0 aromatic carbocycles. The van der Waals surface area contributed by atoms with E-state index in [0.29, 0.717) is 10.2 Å². The van der Waals surface area contributed by atoms with Crippen molar-refractivity contribution in [1.29, 1.82) is 0 Å². The van der Waals surface area contributed by atoms with E-state index in [0.717, 1.165) is 0 Å². The van der Waals surface area contributed by atoms with E-state index in [1.165, 1.54) is 0 Å². The number of aliphatic hydroxyl groups excluding tert-OH is 3. The zero-order valence-corrected chi connectivity index (χ0v) is 7.77. The summed E-state index contributed by atoms with van der Waals surface area (Å²) in [6.45, 7) is -0.225. The van der Waals surface area contributed by atoms with Crippen LogP contribution < -0.4 is 0 Å². The molecule has 3 N–H and O–H groups in total. The van der Waals surface area contributed by atoms with Crippen molar-refractivity contribution < 1.29 is 20.1 Å². The van der Waals surface area contributed by atoms with Gasteiger partial charge >= 0.3 is 0 Å². The second-order valence-corrected chi connectivity index (χ2v) is 3.68. The second-order valence-electron chi connectivity index (χ2n) is 2.54. The highest BCUT2D eigenvalue weighted by Crippen LogP contribution is 2.18. The van der Waals surface area contributed by atoms with E-state index in [1.54, 1.807) is 0 Å². The van der Waals surface area contributed by atoms with Gasteiger partial charge in [-0.3, -0.25) is 0 Å². The average molecular weight is 164 g/mol. The third-order valence-corrected chi connectivity index (χ3v) is 2.74. The Bertz CT molecular complexity index is 120. The molecule has 0 aromatic heterocycles. The molecule has 1 unspecified atom stereocenters. The van der Waals surface area contributed by atoms with E-state index in [1.807, 2.05) is 0 Å². The third-order valence-electron chi connectivity index (χ3n) is 1.78. The summed E-state index contributed by atoms with van der Waals surface area (Å²) in [7, 11) is 0.674. The number of ether oxygens (including phenoxy) is 1. The van der Waals surface area contributed by atoms with Crippen LogP contribution in [0, 0.1) is 0 Å². The van der Waals surface area contributed by atoms with Gasteiger partial charge in [-0.15, -0.1) is 0 Å². The first-order chi connectivity index (χ1) is 4.66. The van der Waals surface area contributed by atoms with E-state index in [9.17, 15) is 0 Å². The van der Waals surface area contributed by atoms with E-state index in [2.05, 4.69) is 0 Å². The zero-order chi connectivity index (χ0) is 7.72. The van der Waals surface area contributed by atoms with Crippen molar-refractivity contribution in [1.82, 2.24) is 0 Å². The van der Waals surface area contributed by atoms with Gasteiger partial charge in [0, 0.05) is 10.2 Å². The van der Waals surface area contributed by atoms with Crippen molar-refractivity contribution in [2.75, 3.05) is 6.61 Å². The Labute approximate surface area is 61.9 Å². The van der Waals surface area contributed by atoms with E-state index >= 15 is 0 Å². The van der Waals surface area contributed by atoms with Crippen molar-refractivity contribution in [3.8, 4) is 0 Å². The molecule has 1 aliphatic rings. The molecule has 0 aliphatic carbocycles. The normalized spacial score (nSPS) is 48.3. The first-order valence-electron chi connectivity index (χ1n) is 3.29. The quantitative estimate of drug-likeness (QED) is 0.357. The summed E-state index contributed by atoms with van der Waals surface area (Å²) in [6.07, 6.45) is -2.30. The maximum absolute atomic E-state index is 9.12. The van der Waals surface area contributed by atoms with Gasteiger partial charge in [-0.2, -0.15) is 0 Å². The van der Waals surface area contributed by atoms with Crippen molar-refractivity contribution in [2.24, 2.45) is 0 Å². The van der Waals surface area contributed by atoms with Crippen LogP contribution in [-0.4, -0.2) is 56.2 Å². The lowest BCUT2D eigenvalue weighted by atomic mass is 10.2. The van der Waals surface area contributed by atoms with Crippen LogP contribution in [0.3, 0.4) is 0 Å². The Morgan fingerprint density at radius 2 is 1.90 bits per heavy atom. The molecular formula is C5H12O4Si.